The summed E-state index contributed by atoms with van der Waals surface area (Å²) in [4.78, 5) is 1.59. The highest BCUT2D eigenvalue weighted by Gasteiger charge is 2.04. The third-order valence-corrected chi connectivity index (χ3v) is 3.31. The van der Waals surface area contributed by atoms with Gasteiger partial charge in [-0.15, -0.1) is 11.3 Å². The average Bonchev–Trinajstić information content (AvgIpc) is 2.85. The zero-order valence-corrected chi connectivity index (χ0v) is 10.1. The molecule has 0 bridgehead atoms. The minimum atomic E-state index is -0.453. The van der Waals surface area contributed by atoms with Gasteiger partial charge in [-0.3, -0.25) is 0 Å². The number of thiophene rings is 1. The van der Waals surface area contributed by atoms with Gasteiger partial charge in [-0.05, 0) is 30.3 Å². The van der Waals surface area contributed by atoms with Crippen LogP contribution in [0.3, 0.4) is 0 Å². The van der Waals surface area contributed by atoms with E-state index in [0.29, 0.717) is 22.7 Å². The molecule has 0 fully saturated rings. The molecule has 1 N–H and O–H groups in total. The summed E-state index contributed by atoms with van der Waals surface area (Å²) >= 11 is 1.37. The van der Waals surface area contributed by atoms with Crippen molar-refractivity contribution in [2.75, 3.05) is 5.32 Å². The van der Waals surface area contributed by atoms with Gasteiger partial charge in [0, 0.05) is 11.4 Å². The summed E-state index contributed by atoms with van der Waals surface area (Å²) < 4.78 is 13.5. The van der Waals surface area contributed by atoms with Crippen LogP contribution < -0.4 is 5.32 Å². The van der Waals surface area contributed by atoms with E-state index in [4.69, 9.17) is 10.5 Å². The molecule has 0 atom stereocenters. The van der Waals surface area contributed by atoms with Gasteiger partial charge in [0.15, 0.2) is 0 Å². The van der Waals surface area contributed by atoms with Crippen LogP contribution in [0.1, 0.15) is 15.3 Å². The number of hydrogen-bond donors (Lipinski definition) is 1. The molecule has 0 amide bonds. The van der Waals surface area contributed by atoms with Crippen molar-refractivity contribution in [1.82, 2.24) is 0 Å². The van der Waals surface area contributed by atoms with Crippen molar-refractivity contribution in [3.8, 4) is 12.1 Å². The molecule has 1 aromatic carbocycles. The summed E-state index contributed by atoms with van der Waals surface area (Å²) in [5, 5.41) is 20.2. The van der Waals surface area contributed by atoms with Crippen LogP contribution in [-0.2, 0) is 6.54 Å². The van der Waals surface area contributed by atoms with Crippen LogP contribution >= 0.6 is 11.3 Å². The molecular formula is C13H8FN3S. The molecule has 0 aliphatic heterocycles. The molecule has 1 aromatic heterocycles. The highest BCUT2D eigenvalue weighted by Crippen LogP contribution is 2.19. The molecule has 0 unspecified atom stereocenters. The van der Waals surface area contributed by atoms with E-state index < -0.39 is 5.82 Å². The number of nitrogens with zero attached hydrogens (tertiary/aromatic N) is 2. The quantitative estimate of drug-likeness (QED) is 0.918. The lowest BCUT2D eigenvalue weighted by molar-refractivity contribution is 0.629. The molecule has 2 rings (SSSR count). The van der Waals surface area contributed by atoms with Gasteiger partial charge in [0.2, 0.25) is 0 Å². The fourth-order valence-electron chi connectivity index (χ4n) is 1.44. The Morgan fingerprint density at radius 1 is 1.17 bits per heavy atom. The zero-order valence-electron chi connectivity index (χ0n) is 9.27. The van der Waals surface area contributed by atoms with Crippen LogP contribution in [-0.4, -0.2) is 0 Å². The first-order valence-corrected chi connectivity index (χ1v) is 5.97. The summed E-state index contributed by atoms with van der Waals surface area (Å²) in [6.07, 6.45) is 0. The van der Waals surface area contributed by atoms with Crippen molar-refractivity contribution in [1.29, 1.82) is 10.5 Å². The third-order valence-electron chi connectivity index (χ3n) is 2.32. The number of benzene rings is 1. The molecule has 0 radical (unpaired) electrons. The molecule has 5 heteroatoms. The number of halogens is 1. The third kappa shape index (κ3) is 2.65. The minimum absolute atomic E-state index is 0.293. The smallest absolute Gasteiger partial charge is 0.147 e. The Morgan fingerprint density at radius 3 is 2.61 bits per heavy atom. The first-order chi connectivity index (χ1) is 8.72. The Kier molecular flexibility index (Phi) is 3.57. The molecule has 3 nitrogen and oxygen atoms in total. The van der Waals surface area contributed by atoms with Crippen LogP contribution in [0.2, 0.25) is 0 Å². The van der Waals surface area contributed by atoms with Crippen molar-refractivity contribution in [2.45, 2.75) is 6.54 Å². The molecule has 0 aliphatic carbocycles. The molecule has 1 heterocycles. The summed E-state index contributed by atoms with van der Waals surface area (Å²) in [6, 6.07) is 11.8. The summed E-state index contributed by atoms with van der Waals surface area (Å²) in [5.41, 5.74) is 0.641. The van der Waals surface area contributed by atoms with Gasteiger partial charge in [0.25, 0.3) is 0 Å². The van der Waals surface area contributed by atoms with Gasteiger partial charge >= 0.3 is 0 Å². The van der Waals surface area contributed by atoms with Crippen LogP contribution in [0.5, 0.6) is 0 Å². The fourth-order valence-corrected chi connectivity index (χ4v) is 2.19. The van der Waals surface area contributed by atoms with Crippen LogP contribution in [0, 0.1) is 28.5 Å². The van der Waals surface area contributed by atoms with E-state index in [0.717, 1.165) is 4.88 Å². The van der Waals surface area contributed by atoms with E-state index in [-0.39, 0.29) is 0 Å². The van der Waals surface area contributed by atoms with E-state index in [1.54, 1.807) is 12.1 Å². The predicted octanol–water partition coefficient (Wildman–Crippen LogP) is 3.24. The van der Waals surface area contributed by atoms with Gasteiger partial charge in [-0.25, -0.2) is 4.39 Å². The Labute approximate surface area is 108 Å². The topological polar surface area (TPSA) is 59.6 Å². The van der Waals surface area contributed by atoms with E-state index >= 15 is 0 Å². The van der Waals surface area contributed by atoms with Gasteiger partial charge in [-0.2, -0.15) is 10.5 Å². The lowest BCUT2D eigenvalue weighted by Crippen LogP contribution is -1.99. The fraction of sp³-hybridized carbons (Fsp3) is 0.0769. The zero-order chi connectivity index (χ0) is 13.0. The number of rotatable bonds is 3. The molecule has 0 saturated heterocycles. The second-order valence-electron chi connectivity index (χ2n) is 3.54. The molecular weight excluding hydrogens is 249 g/mol. The number of nitrogens with one attached hydrogen (secondary N) is 1. The minimum Gasteiger partial charge on any atom is -0.378 e. The maximum atomic E-state index is 13.5. The van der Waals surface area contributed by atoms with Crippen molar-refractivity contribution >= 4 is 17.0 Å². The van der Waals surface area contributed by atoms with E-state index in [2.05, 4.69) is 11.4 Å². The van der Waals surface area contributed by atoms with Gasteiger partial charge in [0.1, 0.15) is 16.8 Å². The maximum Gasteiger partial charge on any atom is 0.147 e. The monoisotopic (exact) mass is 257 g/mol. The highest BCUT2D eigenvalue weighted by atomic mass is 32.1. The van der Waals surface area contributed by atoms with Gasteiger partial charge in [0.05, 0.1) is 17.3 Å². The SMILES string of the molecule is N#Cc1ccc(NCc2ccc(C#N)s2)c(F)c1. The van der Waals surface area contributed by atoms with Gasteiger partial charge < -0.3 is 5.32 Å². The Balaban J connectivity index is 2.07. The molecule has 0 saturated carbocycles. The largest absolute Gasteiger partial charge is 0.378 e. The molecule has 18 heavy (non-hydrogen) atoms. The van der Waals surface area contributed by atoms with Crippen molar-refractivity contribution in [3.63, 3.8) is 0 Å². The molecule has 0 spiro atoms. The lowest BCUT2D eigenvalue weighted by Gasteiger charge is -2.05. The number of hydrogen-bond acceptors (Lipinski definition) is 4. The second-order valence-corrected chi connectivity index (χ2v) is 4.71. The van der Waals surface area contributed by atoms with Crippen molar-refractivity contribution in [2.24, 2.45) is 0 Å². The molecule has 88 valence electrons. The molecule has 2 aromatic rings. The lowest BCUT2D eigenvalue weighted by atomic mass is 10.2. The summed E-state index contributed by atoms with van der Waals surface area (Å²) in [7, 11) is 0. The van der Waals surface area contributed by atoms with Crippen LogP contribution in [0.15, 0.2) is 30.3 Å². The van der Waals surface area contributed by atoms with Crippen LogP contribution in [0.4, 0.5) is 10.1 Å². The van der Waals surface area contributed by atoms with Gasteiger partial charge in [-0.1, -0.05) is 0 Å². The van der Waals surface area contributed by atoms with Crippen LogP contribution in [0.25, 0.3) is 0 Å². The Bertz CT molecular complexity index is 649. The number of nitriles is 2. The normalized spacial score (nSPS) is 9.50. The molecule has 0 aliphatic rings. The first-order valence-electron chi connectivity index (χ1n) is 5.15. The Morgan fingerprint density at radius 2 is 2.00 bits per heavy atom. The predicted molar refractivity (Wildman–Crippen MR) is 67.5 cm³/mol. The summed E-state index contributed by atoms with van der Waals surface area (Å²) in [6.45, 7) is 0.454. The Hall–Kier alpha value is -2.37. The highest BCUT2D eigenvalue weighted by molar-refractivity contribution is 7.12. The van der Waals surface area contributed by atoms with Crippen molar-refractivity contribution in [3.05, 3.63) is 51.5 Å². The van der Waals surface area contributed by atoms with Crippen molar-refractivity contribution < 1.29 is 4.39 Å². The first kappa shape index (κ1) is 12.1. The standard InChI is InChI=1S/C13H8FN3S/c14-12-5-9(6-15)1-4-13(12)17-8-11-3-2-10(7-16)18-11/h1-5,17H,8H2. The maximum absolute atomic E-state index is 13.5. The van der Waals surface area contributed by atoms with E-state index in [1.165, 1.54) is 23.5 Å². The van der Waals surface area contributed by atoms with E-state index in [9.17, 15) is 4.39 Å². The number of anilines is 1. The summed E-state index contributed by atoms with van der Waals surface area (Å²) in [5.74, 6) is -0.453. The second kappa shape index (κ2) is 5.31. The van der Waals surface area contributed by atoms with E-state index in [1.807, 2.05) is 12.1 Å². The average molecular weight is 257 g/mol.